The summed E-state index contributed by atoms with van der Waals surface area (Å²) in [5, 5.41) is 0. The van der Waals surface area contributed by atoms with Crippen LogP contribution in [-0.2, 0) is 6.42 Å². The Balaban J connectivity index is 2.12. The molecule has 0 heterocycles. The van der Waals surface area contributed by atoms with E-state index < -0.39 is 0 Å². The largest absolute Gasteiger partial charge is 0.330 e. The minimum absolute atomic E-state index is 0.155. The zero-order valence-corrected chi connectivity index (χ0v) is 10.9. The van der Waals surface area contributed by atoms with E-state index in [1.807, 2.05) is 24.3 Å². The highest BCUT2D eigenvalue weighted by atomic mass is 19.1. The van der Waals surface area contributed by atoms with Crippen LogP contribution in [0.4, 0.5) is 4.39 Å². The Bertz CT molecular complexity index is 565. The molecule has 3 rings (SSSR count). The number of nitrogens with two attached hydrogens (primary N) is 1. The molecule has 2 heteroatoms. The van der Waals surface area contributed by atoms with E-state index in [1.54, 1.807) is 12.1 Å². The van der Waals surface area contributed by atoms with Crippen LogP contribution >= 0.6 is 0 Å². The minimum atomic E-state index is -0.155. The standard InChI is InChI=1S/C17H18FN/c18-15-9-8-12-6-7-14(11-19)17(16(12)10-15)13-4-2-1-3-5-13/h1-5,8-10,14,17H,6-7,11,19H2. The summed E-state index contributed by atoms with van der Waals surface area (Å²) < 4.78 is 13.6. The van der Waals surface area contributed by atoms with Gasteiger partial charge in [0.05, 0.1) is 0 Å². The van der Waals surface area contributed by atoms with Crippen LogP contribution in [0.2, 0.25) is 0 Å². The van der Waals surface area contributed by atoms with E-state index in [0.717, 1.165) is 18.4 Å². The van der Waals surface area contributed by atoms with Crippen LogP contribution in [0.25, 0.3) is 0 Å². The molecule has 98 valence electrons. The van der Waals surface area contributed by atoms with Crippen LogP contribution in [0.3, 0.4) is 0 Å². The fourth-order valence-corrected chi connectivity index (χ4v) is 3.21. The minimum Gasteiger partial charge on any atom is -0.330 e. The second-order valence-corrected chi connectivity index (χ2v) is 5.27. The van der Waals surface area contributed by atoms with Gasteiger partial charge < -0.3 is 5.73 Å². The topological polar surface area (TPSA) is 26.0 Å². The molecule has 1 aliphatic rings. The molecule has 19 heavy (non-hydrogen) atoms. The second-order valence-electron chi connectivity index (χ2n) is 5.27. The Morgan fingerprint density at radius 2 is 1.89 bits per heavy atom. The third kappa shape index (κ3) is 2.28. The Kier molecular flexibility index (Phi) is 3.34. The molecule has 0 radical (unpaired) electrons. The summed E-state index contributed by atoms with van der Waals surface area (Å²) in [6.07, 6.45) is 2.08. The van der Waals surface area contributed by atoms with Crippen LogP contribution in [-0.4, -0.2) is 6.54 Å². The van der Waals surface area contributed by atoms with Crippen molar-refractivity contribution in [2.24, 2.45) is 11.7 Å². The van der Waals surface area contributed by atoms with Gasteiger partial charge >= 0.3 is 0 Å². The van der Waals surface area contributed by atoms with Crippen LogP contribution in [0, 0.1) is 11.7 Å². The lowest BCUT2D eigenvalue weighted by atomic mass is 9.72. The number of benzene rings is 2. The Labute approximate surface area is 113 Å². The summed E-state index contributed by atoms with van der Waals surface area (Å²) in [7, 11) is 0. The quantitative estimate of drug-likeness (QED) is 0.873. The van der Waals surface area contributed by atoms with Crippen molar-refractivity contribution >= 4 is 0 Å². The van der Waals surface area contributed by atoms with E-state index in [4.69, 9.17) is 5.73 Å². The molecule has 0 bridgehead atoms. The number of hydrogen-bond acceptors (Lipinski definition) is 1. The van der Waals surface area contributed by atoms with Gasteiger partial charge in [0.15, 0.2) is 0 Å². The molecule has 1 aliphatic carbocycles. The maximum absolute atomic E-state index is 13.6. The molecule has 2 unspecified atom stereocenters. The van der Waals surface area contributed by atoms with Crippen molar-refractivity contribution in [1.82, 2.24) is 0 Å². The predicted octanol–water partition coefficient (Wildman–Crippen LogP) is 3.48. The zero-order valence-electron chi connectivity index (χ0n) is 10.9. The van der Waals surface area contributed by atoms with E-state index in [1.165, 1.54) is 11.1 Å². The van der Waals surface area contributed by atoms with Crippen molar-refractivity contribution in [3.8, 4) is 0 Å². The average molecular weight is 255 g/mol. The van der Waals surface area contributed by atoms with Crippen molar-refractivity contribution in [1.29, 1.82) is 0 Å². The third-order valence-electron chi connectivity index (χ3n) is 4.16. The van der Waals surface area contributed by atoms with Crippen molar-refractivity contribution < 1.29 is 4.39 Å². The molecule has 0 aliphatic heterocycles. The lowest BCUT2D eigenvalue weighted by molar-refractivity contribution is 0.417. The Hall–Kier alpha value is -1.67. The molecule has 0 saturated carbocycles. The lowest BCUT2D eigenvalue weighted by Crippen LogP contribution is -2.28. The van der Waals surface area contributed by atoms with Gasteiger partial charge in [-0.15, -0.1) is 0 Å². The van der Waals surface area contributed by atoms with Gasteiger partial charge in [-0.1, -0.05) is 36.4 Å². The summed E-state index contributed by atoms with van der Waals surface area (Å²) >= 11 is 0. The molecular weight excluding hydrogens is 237 g/mol. The number of aryl methyl sites for hydroxylation is 1. The fraction of sp³-hybridized carbons (Fsp3) is 0.294. The third-order valence-corrected chi connectivity index (χ3v) is 4.16. The van der Waals surface area contributed by atoms with E-state index in [9.17, 15) is 4.39 Å². The molecule has 2 aromatic rings. The summed E-state index contributed by atoms with van der Waals surface area (Å²) in [5.41, 5.74) is 9.55. The van der Waals surface area contributed by atoms with Crippen molar-refractivity contribution in [2.75, 3.05) is 6.54 Å². The number of hydrogen-bond donors (Lipinski definition) is 1. The number of rotatable bonds is 2. The second kappa shape index (κ2) is 5.14. The first-order valence-corrected chi connectivity index (χ1v) is 6.83. The lowest BCUT2D eigenvalue weighted by Gasteiger charge is -2.33. The maximum atomic E-state index is 13.6. The van der Waals surface area contributed by atoms with Gasteiger partial charge in [0.2, 0.25) is 0 Å². The molecule has 2 N–H and O–H groups in total. The summed E-state index contributed by atoms with van der Waals surface area (Å²) in [6.45, 7) is 0.648. The Morgan fingerprint density at radius 3 is 2.63 bits per heavy atom. The average Bonchev–Trinajstić information content (AvgIpc) is 2.46. The van der Waals surface area contributed by atoms with E-state index in [-0.39, 0.29) is 11.7 Å². The normalized spacial score (nSPS) is 22.0. The van der Waals surface area contributed by atoms with E-state index in [2.05, 4.69) is 12.1 Å². The first-order valence-electron chi connectivity index (χ1n) is 6.83. The molecular formula is C17H18FN. The van der Waals surface area contributed by atoms with Crippen molar-refractivity contribution in [3.63, 3.8) is 0 Å². The smallest absolute Gasteiger partial charge is 0.123 e. The summed E-state index contributed by atoms with van der Waals surface area (Å²) in [4.78, 5) is 0. The van der Waals surface area contributed by atoms with E-state index in [0.29, 0.717) is 12.5 Å². The summed E-state index contributed by atoms with van der Waals surface area (Å²) in [5.74, 6) is 0.472. The monoisotopic (exact) mass is 255 g/mol. The highest BCUT2D eigenvalue weighted by Crippen LogP contribution is 2.40. The number of halogens is 1. The highest BCUT2D eigenvalue weighted by Gasteiger charge is 2.30. The molecule has 0 spiro atoms. The van der Waals surface area contributed by atoms with Crippen molar-refractivity contribution in [2.45, 2.75) is 18.8 Å². The molecule has 0 aromatic heterocycles. The SMILES string of the molecule is NCC1CCc2ccc(F)cc2C1c1ccccc1. The van der Waals surface area contributed by atoms with Crippen LogP contribution < -0.4 is 5.73 Å². The Morgan fingerprint density at radius 1 is 1.11 bits per heavy atom. The van der Waals surface area contributed by atoms with E-state index >= 15 is 0 Å². The first-order chi connectivity index (χ1) is 9.29. The van der Waals surface area contributed by atoms with Crippen LogP contribution in [0.5, 0.6) is 0 Å². The maximum Gasteiger partial charge on any atom is 0.123 e. The van der Waals surface area contributed by atoms with Gasteiger partial charge in [0.25, 0.3) is 0 Å². The molecule has 2 atom stereocenters. The van der Waals surface area contributed by atoms with Gasteiger partial charge in [-0.2, -0.15) is 0 Å². The summed E-state index contributed by atoms with van der Waals surface area (Å²) in [6, 6.07) is 15.5. The zero-order chi connectivity index (χ0) is 13.2. The van der Waals surface area contributed by atoms with Gasteiger partial charge in [0.1, 0.15) is 5.82 Å². The van der Waals surface area contributed by atoms with Crippen molar-refractivity contribution in [3.05, 3.63) is 71.0 Å². The van der Waals surface area contributed by atoms with Crippen LogP contribution in [0.1, 0.15) is 29.0 Å². The fourth-order valence-electron chi connectivity index (χ4n) is 3.21. The molecule has 0 amide bonds. The highest BCUT2D eigenvalue weighted by molar-refractivity contribution is 5.41. The molecule has 2 aromatic carbocycles. The van der Waals surface area contributed by atoms with Gasteiger partial charge in [-0.3, -0.25) is 0 Å². The number of fused-ring (bicyclic) bond motifs is 1. The predicted molar refractivity (Wildman–Crippen MR) is 75.6 cm³/mol. The van der Waals surface area contributed by atoms with Crippen LogP contribution in [0.15, 0.2) is 48.5 Å². The molecule has 0 saturated heterocycles. The molecule has 1 nitrogen and oxygen atoms in total. The van der Waals surface area contributed by atoms with Gasteiger partial charge in [-0.25, -0.2) is 4.39 Å². The van der Waals surface area contributed by atoms with Gasteiger partial charge in [-0.05, 0) is 54.1 Å². The molecule has 0 fully saturated rings. The first kappa shape index (κ1) is 12.4. The van der Waals surface area contributed by atoms with Gasteiger partial charge in [0, 0.05) is 5.92 Å².